The summed E-state index contributed by atoms with van der Waals surface area (Å²) in [5, 5.41) is 9.26. The molecule has 2 rings (SSSR count). The van der Waals surface area contributed by atoms with E-state index in [2.05, 4.69) is 4.72 Å². The zero-order chi connectivity index (χ0) is 14.6. The maximum Gasteiger partial charge on any atom is 0.240 e. The molecule has 0 amide bonds. The topological polar surface area (TPSA) is 75.6 Å². The van der Waals surface area contributed by atoms with E-state index in [1.807, 2.05) is 0 Å². The van der Waals surface area contributed by atoms with E-state index in [-0.39, 0.29) is 29.2 Å². The minimum atomic E-state index is -3.60. The van der Waals surface area contributed by atoms with Crippen LogP contribution in [0, 0.1) is 0 Å². The zero-order valence-corrected chi connectivity index (χ0v) is 12.6. The van der Waals surface area contributed by atoms with Crippen molar-refractivity contribution in [2.45, 2.75) is 36.9 Å². The second-order valence-electron chi connectivity index (χ2n) is 4.75. The van der Waals surface area contributed by atoms with Crippen molar-refractivity contribution in [1.29, 1.82) is 0 Å². The first kappa shape index (κ1) is 15.7. The second-order valence-corrected chi connectivity index (χ2v) is 6.93. The maximum absolute atomic E-state index is 12.1. The van der Waals surface area contributed by atoms with E-state index in [0.29, 0.717) is 12.2 Å². The lowest BCUT2D eigenvalue weighted by Gasteiger charge is -2.22. The predicted molar refractivity (Wildman–Crippen MR) is 76.2 cm³/mol. The van der Waals surface area contributed by atoms with Crippen LogP contribution in [0.4, 0.5) is 0 Å². The highest BCUT2D eigenvalue weighted by atomic mass is 35.5. The lowest BCUT2D eigenvalue weighted by Crippen LogP contribution is -2.35. The molecule has 1 saturated heterocycles. The molecule has 0 spiro atoms. The van der Waals surface area contributed by atoms with Gasteiger partial charge in [-0.25, -0.2) is 13.1 Å². The summed E-state index contributed by atoms with van der Waals surface area (Å²) in [6, 6.07) is 4.28. The second kappa shape index (κ2) is 6.87. The number of sulfonamides is 1. The highest BCUT2D eigenvalue weighted by Crippen LogP contribution is 2.21. The summed E-state index contributed by atoms with van der Waals surface area (Å²) in [4.78, 5) is 0.0931. The smallest absolute Gasteiger partial charge is 0.240 e. The van der Waals surface area contributed by atoms with Gasteiger partial charge in [-0.1, -0.05) is 17.7 Å². The summed E-state index contributed by atoms with van der Waals surface area (Å²) in [7, 11) is -3.60. The Balaban J connectivity index is 2.04. The van der Waals surface area contributed by atoms with Crippen molar-refractivity contribution in [1.82, 2.24) is 4.72 Å². The van der Waals surface area contributed by atoms with Crippen LogP contribution >= 0.6 is 11.6 Å². The van der Waals surface area contributed by atoms with Crippen LogP contribution in [0.25, 0.3) is 0 Å². The first-order valence-corrected chi connectivity index (χ1v) is 8.39. The van der Waals surface area contributed by atoms with Crippen LogP contribution < -0.4 is 4.72 Å². The molecular weight excluding hydrogens is 302 g/mol. The molecule has 2 N–H and O–H groups in total. The molecule has 0 aliphatic carbocycles. The molecule has 112 valence electrons. The lowest BCUT2D eigenvalue weighted by atomic mass is 10.1. The SMILES string of the molecule is O=S(=O)(NCC1CCCCO1)c1ccc(CO)c(Cl)c1. The fraction of sp³-hybridized carbons (Fsp3) is 0.538. The molecular formula is C13H18ClNO4S. The molecule has 0 saturated carbocycles. The van der Waals surface area contributed by atoms with Gasteiger partial charge in [0, 0.05) is 18.2 Å². The predicted octanol–water partition coefficient (Wildman–Crippen LogP) is 1.68. The summed E-state index contributed by atoms with van der Waals surface area (Å²) >= 11 is 5.91. The molecule has 1 heterocycles. The van der Waals surface area contributed by atoms with Gasteiger partial charge < -0.3 is 9.84 Å². The third-order valence-corrected chi connectivity index (χ3v) is 5.05. The Bertz CT molecular complexity index is 555. The van der Waals surface area contributed by atoms with Gasteiger partial charge in [-0.3, -0.25) is 0 Å². The van der Waals surface area contributed by atoms with Crippen molar-refractivity contribution < 1.29 is 18.3 Å². The number of halogens is 1. The first-order chi connectivity index (χ1) is 9.53. The van der Waals surface area contributed by atoms with Gasteiger partial charge in [0.1, 0.15) is 0 Å². The van der Waals surface area contributed by atoms with Crippen LogP contribution in [0.5, 0.6) is 0 Å². The fourth-order valence-electron chi connectivity index (χ4n) is 2.08. The average molecular weight is 320 g/mol. The summed E-state index contributed by atoms with van der Waals surface area (Å²) in [5.74, 6) is 0. The number of hydrogen-bond donors (Lipinski definition) is 2. The van der Waals surface area contributed by atoms with Gasteiger partial charge >= 0.3 is 0 Å². The quantitative estimate of drug-likeness (QED) is 0.866. The Morgan fingerprint density at radius 2 is 2.20 bits per heavy atom. The molecule has 1 fully saturated rings. The van der Waals surface area contributed by atoms with Gasteiger partial charge in [-0.05, 0) is 37.0 Å². The summed E-state index contributed by atoms with van der Waals surface area (Å²) in [6.07, 6.45) is 2.89. The summed E-state index contributed by atoms with van der Waals surface area (Å²) in [6.45, 7) is 0.730. The third-order valence-electron chi connectivity index (χ3n) is 3.28. The molecule has 0 radical (unpaired) electrons. The Labute approximate surface area is 124 Å². The highest BCUT2D eigenvalue weighted by molar-refractivity contribution is 7.89. The number of rotatable bonds is 5. The van der Waals surface area contributed by atoms with Crippen LogP contribution in [0.1, 0.15) is 24.8 Å². The van der Waals surface area contributed by atoms with Gasteiger partial charge in [0.05, 0.1) is 17.6 Å². The number of aliphatic hydroxyl groups is 1. The normalized spacial score (nSPS) is 20.0. The average Bonchev–Trinajstić information content (AvgIpc) is 2.46. The molecule has 1 aliphatic heterocycles. The Hall–Kier alpha value is -0.660. The minimum Gasteiger partial charge on any atom is -0.392 e. The zero-order valence-electron chi connectivity index (χ0n) is 11.0. The largest absolute Gasteiger partial charge is 0.392 e. The van der Waals surface area contributed by atoms with Gasteiger partial charge in [-0.15, -0.1) is 0 Å². The standard InChI is InChI=1S/C13H18ClNO4S/c14-13-7-12(5-4-10(13)9-16)20(17,18)15-8-11-3-1-2-6-19-11/h4-5,7,11,15-16H,1-3,6,8-9H2. The molecule has 1 aromatic carbocycles. The minimum absolute atomic E-state index is 0.0642. The van der Waals surface area contributed by atoms with Crippen molar-refractivity contribution in [2.75, 3.05) is 13.2 Å². The third kappa shape index (κ3) is 3.93. The van der Waals surface area contributed by atoms with E-state index in [9.17, 15) is 8.42 Å². The van der Waals surface area contributed by atoms with Crippen LogP contribution in [0.2, 0.25) is 5.02 Å². The molecule has 5 nitrogen and oxygen atoms in total. The van der Waals surface area contributed by atoms with Crippen molar-refractivity contribution in [3.8, 4) is 0 Å². The molecule has 0 aromatic heterocycles. The Kier molecular flexibility index (Phi) is 5.40. The van der Waals surface area contributed by atoms with Gasteiger partial charge in [0.2, 0.25) is 10.0 Å². The number of hydrogen-bond acceptors (Lipinski definition) is 4. The molecule has 7 heteroatoms. The molecule has 0 bridgehead atoms. The van der Waals surface area contributed by atoms with Crippen LogP contribution in [0.3, 0.4) is 0 Å². The van der Waals surface area contributed by atoms with E-state index in [1.165, 1.54) is 18.2 Å². The van der Waals surface area contributed by atoms with Crippen LogP contribution in [-0.2, 0) is 21.4 Å². The number of aliphatic hydroxyl groups excluding tert-OH is 1. The summed E-state index contributed by atoms with van der Waals surface area (Å²) < 4.78 is 32.3. The molecule has 1 aromatic rings. The van der Waals surface area contributed by atoms with E-state index in [1.54, 1.807) is 0 Å². The van der Waals surface area contributed by atoms with E-state index in [0.717, 1.165) is 19.3 Å². The van der Waals surface area contributed by atoms with Gasteiger partial charge in [0.15, 0.2) is 0 Å². The monoisotopic (exact) mass is 319 g/mol. The highest BCUT2D eigenvalue weighted by Gasteiger charge is 2.19. The fourth-order valence-corrected chi connectivity index (χ4v) is 3.47. The molecule has 1 aliphatic rings. The Morgan fingerprint density at radius 3 is 2.80 bits per heavy atom. The number of ether oxygens (including phenoxy) is 1. The van der Waals surface area contributed by atoms with Crippen LogP contribution in [0.15, 0.2) is 23.1 Å². The molecule has 1 atom stereocenters. The van der Waals surface area contributed by atoms with Crippen LogP contribution in [-0.4, -0.2) is 32.8 Å². The maximum atomic E-state index is 12.1. The Morgan fingerprint density at radius 1 is 1.40 bits per heavy atom. The number of benzene rings is 1. The van der Waals surface area contributed by atoms with Crippen molar-refractivity contribution in [3.63, 3.8) is 0 Å². The number of nitrogens with one attached hydrogen (secondary N) is 1. The lowest BCUT2D eigenvalue weighted by molar-refractivity contribution is 0.0200. The molecule has 20 heavy (non-hydrogen) atoms. The van der Waals surface area contributed by atoms with Crippen molar-refractivity contribution >= 4 is 21.6 Å². The van der Waals surface area contributed by atoms with Gasteiger partial charge in [-0.2, -0.15) is 0 Å². The first-order valence-electron chi connectivity index (χ1n) is 6.53. The van der Waals surface area contributed by atoms with E-state index in [4.69, 9.17) is 21.4 Å². The van der Waals surface area contributed by atoms with E-state index >= 15 is 0 Å². The van der Waals surface area contributed by atoms with Gasteiger partial charge in [0.25, 0.3) is 0 Å². The van der Waals surface area contributed by atoms with Crippen molar-refractivity contribution in [2.24, 2.45) is 0 Å². The van der Waals surface area contributed by atoms with E-state index < -0.39 is 10.0 Å². The summed E-state index contributed by atoms with van der Waals surface area (Å²) in [5.41, 5.74) is 0.501. The molecule has 1 unspecified atom stereocenters. The van der Waals surface area contributed by atoms with Crippen molar-refractivity contribution in [3.05, 3.63) is 28.8 Å².